The van der Waals surface area contributed by atoms with Gasteiger partial charge in [-0.25, -0.2) is 0 Å². The molecule has 0 heterocycles. The number of rotatable bonds is 4. The topological polar surface area (TPSA) is 41.1 Å². The summed E-state index contributed by atoms with van der Waals surface area (Å²) in [6.45, 7) is 4.35. The van der Waals surface area contributed by atoms with Gasteiger partial charge in [-0.2, -0.15) is 0 Å². The van der Waals surface area contributed by atoms with Crippen LogP contribution in [0.25, 0.3) is 0 Å². The van der Waals surface area contributed by atoms with Crippen LogP contribution in [0.5, 0.6) is 0 Å². The van der Waals surface area contributed by atoms with E-state index in [1.807, 2.05) is 24.3 Å². The molecule has 104 valence electrons. The molecule has 0 saturated carbocycles. The highest BCUT2D eigenvalue weighted by molar-refractivity contribution is 9.10. The van der Waals surface area contributed by atoms with Gasteiger partial charge in [-0.3, -0.25) is 4.79 Å². The van der Waals surface area contributed by atoms with Gasteiger partial charge in [-0.15, -0.1) is 0 Å². The molecule has 0 radical (unpaired) electrons. The van der Waals surface area contributed by atoms with Gasteiger partial charge in [0, 0.05) is 29.3 Å². The van der Waals surface area contributed by atoms with Crippen molar-refractivity contribution < 1.29 is 4.79 Å². The summed E-state index contributed by atoms with van der Waals surface area (Å²) in [6, 6.07) is 14.0. The van der Waals surface area contributed by atoms with E-state index in [1.165, 1.54) is 18.1 Å². The first-order valence-electron chi connectivity index (χ1n) is 6.41. The summed E-state index contributed by atoms with van der Waals surface area (Å²) in [7, 11) is 0. The maximum atomic E-state index is 10.9. The second-order valence-electron chi connectivity index (χ2n) is 4.70. The van der Waals surface area contributed by atoms with E-state index < -0.39 is 0 Å². The van der Waals surface area contributed by atoms with E-state index in [-0.39, 0.29) is 5.91 Å². The molecule has 0 saturated heterocycles. The summed E-state index contributed by atoms with van der Waals surface area (Å²) in [4.78, 5) is 10.9. The SMILES string of the molecule is CC(=O)Nc1ccc(NCc2ccc(Br)c(C)c2)cc1. The number of carbonyl (C=O) groups excluding carboxylic acids is 1. The van der Waals surface area contributed by atoms with Crippen LogP contribution in [0.4, 0.5) is 11.4 Å². The second-order valence-corrected chi connectivity index (χ2v) is 5.55. The fraction of sp³-hybridized carbons (Fsp3) is 0.188. The Labute approximate surface area is 127 Å². The Morgan fingerprint density at radius 2 is 1.75 bits per heavy atom. The molecule has 0 spiro atoms. The number of carbonyl (C=O) groups is 1. The predicted octanol–water partition coefficient (Wildman–Crippen LogP) is 4.33. The Morgan fingerprint density at radius 1 is 1.10 bits per heavy atom. The number of halogens is 1. The summed E-state index contributed by atoms with van der Waals surface area (Å²) in [5.74, 6) is -0.0592. The molecule has 0 aromatic heterocycles. The van der Waals surface area contributed by atoms with Gasteiger partial charge in [-0.05, 0) is 48.4 Å². The van der Waals surface area contributed by atoms with Crippen molar-refractivity contribution in [3.05, 3.63) is 58.1 Å². The van der Waals surface area contributed by atoms with Crippen LogP contribution < -0.4 is 10.6 Å². The molecule has 0 unspecified atom stereocenters. The normalized spacial score (nSPS) is 10.2. The number of hydrogen-bond donors (Lipinski definition) is 2. The van der Waals surface area contributed by atoms with Crippen molar-refractivity contribution in [2.24, 2.45) is 0 Å². The molecule has 2 N–H and O–H groups in total. The molecule has 20 heavy (non-hydrogen) atoms. The standard InChI is InChI=1S/C16H17BrN2O/c1-11-9-13(3-8-16(11)17)10-18-14-4-6-15(7-5-14)19-12(2)20/h3-9,18H,10H2,1-2H3,(H,19,20). The Hall–Kier alpha value is -1.81. The fourth-order valence-electron chi connectivity index (χ4n) is 1.90. The number of amides is 1. The predicted molar refractivity (Wildman–Crippen MR) is 87.0 cm³/mol. The molecule has 0 bridgehead atoms. The first-order chi connectivity index (χ1) is 9.54. The van der Waals surface area contributed by atoms with Crippen LogP contribution in [0.3, 0.4) is 0 Å². The Bertz CT molecular complexity index is 608. The lowest BCUT2D eigenvalue weighted by Gasteiger charge is -2.09. The van der Waals surface area contributed by atoms with E-state index in [0.29, 0.717) is 0 Å². The molecular formula is C16H17BrN2O. The fourth-order valence-corrected chi connectivity index (χ4v) is 2.14. The summed E-state index contributed by atoms with van der Waals surface area (Å²) in [5, 5.41) is 6.11. The highest BCUT2D eigenvalue weighted by atomic mass is 79.9. The van der Waals surface area contributed by atoms with Crippen molar-refractivity contribution in [3.8, 4) is 0 Å². The van der Waals surface area contributed by atoms with Crippen LogP contribution in [-0.4, -0.2) is 5.91 Å². The molecule has 0 fully saturated rings. The minimum Gasteiger partial charge on any atom is -0.381 e. The van der Waals surface area contributed by atoms with E-state index in [4.69, 9.17) is 0 Å². The van der Waals surface area contributed by atoms with Gasteiger partial charge in [0.2, 0.25) is 5.91 Å². The number of hydrogen-bond acceptors (Lipinski definition) is 2. The molecule has 0 aliphatic carbocycles. The lowest BCUT2D eigenvalue weighted by Crippen LogP contribution is -2.05. The maximum Gasteiger partial charge on any atom is 0.221 e. The van der Waals surface area contributed by atoms with Crippen LogP contribution in [0, 0.1) is 6.92 Å². The number of aryl methyl sites for hydroxylation is 1. The monoisotopic (exact) mass is 332 g/mol. The first-order valence-corrected chi connectivity index (χ1v) is 7.20. The van der Waals surface area contributed by atoms with Crippen LogP contribution in [-0.2, 0) is 11.3 Å². The van der Waals surface area contributed by atoms with Gasteiger partial charge < -0.3 is 10.6 Å². The molecule has 2 aromatic carbocycles. The van der Waals surface area contributed by atoms with Crippen LogP contribution in [0.2, 0.25) is 0 Å². The zero-order chi connectivity index (χ0) is 14.5. The minimum atomic E-state index is -0.0592. The van der Waals surface area contributed by atoms with Crippen molar-refractivity contribution in [2.75, 3.05) is 10.6 Å². The summed E-state index contributed by atoms with van der Waals surface area (Å²) in [5.41, 5.74) is 4.30. The molecule has 1 amide bonds. The summed E-state index contributed by atoms with van der Waals surface area (Å²) < 4.78 is 1.13. The molecule has 2 aromatic rings. The maximum absolute atomic E-state index is 10.9. The van der Waals surface area contributed by atoms with E-state index in [9.17, 15) is 4.79 Å². The molecule has 4 heteroatoms. The van der Waals surface area contributed by atoms with Crippen LogP contribution in [0.1, 0.15) is 18.1 Å². The lowest BCUT2D eigenvalue weighted by molar-refractivity contribution is -0.114. The number of nitrogens with one attached hydrogen (secondary N) is 2. The molecule has 3 nitrogen and oxygen atoms in total. The first kappa shape index (κ1) is 14.6. The van der Waals surface area contributed by atoms with Gasteiger partial charge in [0.15, 0.2) is 0 Å². The summed E-state index contributed by atoms with van der Waals surface area (Å²) >= 11 is 3.50. The van der Waals surface area contributed by atoms with E-state index >= 15 is 0 Å². The van der Waals surface area contributed by atoms with Gasteiger partial charge in [-0.1, -0.05) is 28.1 Å². The van der Waals surface area contributed by atoms with Crippen molar-refractivity contribution in [1.29, 1.82) is 0 Å². The lowest BCUT2D eigenvalue weighted by atomic mass is 10.1. The zero-order valence-corrected chi connectivity index (χ0v) is 13.1. The largest absolute Gasteiger partial charge is 0.381 e. The molecular weight excluding hydrogens is 316 g/mol. The van der Waals surface area contributed by atoms with Crippen LogP contribution >= 0.6 is 15.9 Å². The third-order valence-corrected chi connectivity index (χ3v) is 3.81. The molecule has 0 aliphatic heterocycles. The Morgan fingerprint density at radius 3 is 2.35 bits per heavy atom. The van der Waals surface area contributed by atoms with Crippen molar-refractivity contribution in [2.45, 2.75) is 20.4 Å². The van der Waals surface area contributed by atoms with Gasteiger partial charge in [0.05, 0.1) is 0 Å². The second kappa shape index (κ2) is 6.57. The van der Waals surface area contributed by atoms with Crippen molar-refractivity contribution in [1.82, 2.24) is 0 Å². The zero-order valence-electron chi connectivity index (χ0n) is 11.5. The highest BCUT2D eigenvalue weighted by Crippen LogP contribution is 2.19. The number of anilines is 2. The van der Waals surface area contributed by atoms with Crippen molar-refractivity contribution >= 4 is 33.2 Å². The van der Waals surface area contributed by atoms with E-state index in [0.717, 1.165) is 22.4 Å². The molecule has 2 rings (SSSR count). The third kappa shape index (κ3) is 4.10. The molecule has 0 atom stereocenters. The average Bonchev–Trinajstić information content (AvgIpc) is 2.41. The third-order valence-electron chi connectivity index (χ3n) is 2.92. The van der Waals surface area contributed by atoms with Crippen LogP contribution in [0.15, 0.2) is 46.9 Å². The smallest absolute Gasteiger partial charge is 0.221 e. The Balaban J connectivity index is 1.96. The van der Waals surface area contributed by atoms with E-state index in [2.05, 4.69) is 51.7 Å². The quantitative estimate of drug-likeness (QED) is 0.874. The van der Waals surface area contributed by atoms with Gasteiger partial charge >= 0.3 is 0 Å². The van der Waals surface area contributed by atoms with Gasteiger partial charge in [0.25, 0.3) is 0 Å². The Kier molecular flexibility index (Phi) is 4.79. The highest BCUT2D eigenvalue weighted by Gasteiger charge is 1.99. The van der Waals surface area contributed by atoms with Crippen molar-refractivity contribution in [3.63, 3.8) is 0 Å². The minimum absolute atomic E-state index is 0.0592. The van der Waals surface area contributed by atoms with E-state index in [1.54, 1.807) is 0 Å². The number of benzene rings is 2. The average molecular weight is 333 g/mol. The van der Waals surface area contributed by atoms with Gasteiger partial charge in [0.1, 0.15) is 0 Å². The summed E-state index contributed by atoms with van der Waals surface area (Å²) in [6.07, 6.45) is 0. The molecule has 0 aliphatic rings.